The second kappa shape index (κ2) is 7.99. The standard InChI is InChI=1S/C16H31N3O/c1-3-19(14-8-10-17-11-9-14)12-16(20)18-15-7-5-4-6-13(15)2/h13-15,17H,3-12H2,1-2H3,(H,18,20). The Morgan fingerprint density at radius 1 is 1.20 bits per heavy atom. The number of carbonyl (C=O) groups is 1. The quantitative estimate of drug-likeness (QED) is 0.807. The fourth-order valence-corrected chi connectivity index (χ4v) is 3.64. The third-order valence-electron chi connectivity index (χ3n) is 5.04. The molecule has 4 nitrogen and oxygen atoms in total. The molecule has 1 aliphatic carbocycles. The predicted octanol–water partition coefficient (Wildman–Crippen LogP) is 1.76. The first-order valence-electron chi connectivity index (χ1n) is 8.44. The van der Waals surface area contributed by atoms with Gasteiger partial charge in [-0.2, -0.15) is 0 Å². The summed E-state index contributed by atoms with van der Waals surface area (Å²) >= 11 is 0. The van der Waals surface area contributed by atoms with E-state index in [9.17, 15) is 4.79 Å². The minimum Gasteiger partial charge on any atom is -0.352 e. The molecule has 1 saturated heterocycles. The van der Waals surface area contributed by atoms with E-state index in [2.05, 4.69) is 29.4 Å². The summed E-state index contributed by atoms with van der Waals surface area (Å²) in [5, 5.41) is 6.67. The Hall–Kier alpha value is -0.610. The van der Waals surface area contributed by atoms with Gasteiger partial charge in [-0.15, -0.1) is 0 Å². The van der Waals surface area contributed by atoms with E-state index in [1.807, 2.05) is 0 Å². The Morgan fingerprint density at radius 2 is 1.90 bits per heavy atom. The largest absolute Gasteiger partial charge is 0.352 e. The molecule has 1 heterocycles. The Kier molecular flexibility index (Phi) is 6.30. The van der Waals surface area contributed by atoms with Crippen molar-refractivity contribution in [2.75, 3.05) is 26.2 Å². The van der Waals surface area contributed by atoms with E-state index in [-0.39, 0.29) is 5.91 Å². The molecule has 0 spiro atoms. The number of amides is 1. The molecule has 2 fully saturated rings. The van der Waals surface area contributed by atoms with E-state index in [1.165, 1.54) is 32.1 Å². The molecular weight excluding hydrogens is 250 g/mol. The molecule has 1 amide bonds. The fourth-order valence-electron chi connectivity index (χ4n) is 3.64. The van der Waals surface area contributed by atoms with Gasteiger partial charge in [-0.05, 0) is 51.2 Å². The topological polar surface area (TPSA) is 44.4 Å². The molecule has 116 valence electrons. The zero-order valence-corrected chi connectivity index (χ0v) is 13.2. The number of hydrogen-bond acceptors (Lipinski definition) is 3. The van der Waals surface area contributed by atoms with Crippen LogP contribution in [0.5, 0.6) is 0 Å². The number of nitrogens with one attached hydrogen (secondary N) is 2. The average Bonchev–Trinajstić information content (AvgIpc) is 2.48. The van der Waals surface area contributed by atoms with Gasteiger partial charge in [-0.25, -0.2) is 0 Å². The molecule has 1 saturated carbocycles. The summed E-state index contributed by atoms with van der Waals surface area (Å²) in [6, 6.07) is 0.985. The smallest absolute Gasteiger partial charge is 0.234 e. The molecule has 2 atom stereocenters. The lowest BCUT2D eigenvalue weighted by atomic mass is 9.86. The van der Waals surface area contributed by atoms with Crippen molar-refractivity contribution in [2.45, 2.75) is 64.5 Å². The van der Waals surface area contributed by atoms with E-state index >= 15 is 0 Å². The van der Waals surface area contributed by atoms with Crippen molar-refractivity contribution in [1.29, 1.82) is 0 Å². The number of rotatable bonds is 5. The summed E-state index contributed by atoms with van der Waals surface area (Å²) in [7, 11) is 0. The van der Waals surface area contributed by atoms with Crippen molar-refractivity contribution in [3.05, 3.63) is 0 Å². The second-order valence-electron chi connectivity index (χ2n) is 6.48. The Labute approximate surface area is 123 Å². The first-order valence-corrected chi connectivity index (χ1v) is 8.44. The maximum atomic E-state index is 12.3. The molecular formula is C16H31N3O. The third-order valence-corrected chi connectivity index (χ3v) is 5.04. The van der Waals surface area contributed by atoms with E-state index in [1.54, 1.807) is 0 Å². The van der Waals surface area contributed by atoms with Gasteiger partial charge in [0.2, 0.25) is 5.91 Å². The highest BCUT2D eigenvalue weighted by atomic mass is 16.2. The number of carbonyl (C=O) groups excluding carboxylic acids is 1. The molecule has 2 rings (SSSR count). The zero-order valence-electron chi connectivity index (χ0n) is 13.2. The van der Waals surface area contributed by atoms with Gasteiger partial charge >= 0.3 is 0 Å². The van der Waals surface area contributed by atoms with E-state index in [4.69, 9.17) is 0 Å². The van der Waals surface area contributed by atoms with E-state index in [0.717, 1.165) is 26.1 Å². The van der Waals surface area contributed by atoms with Crippen molar-refractivity contribution < 1.29 is 4.79 Å². The van der Waals surface area contributed by atoms with Gasteiger partial charge in [-0.3, -0.25) is 9.69 Å². The molecule has 2 unspecified atom stereocenters. The van der Waals surface area contributed by atoms with Crippen molar-refractivity contribution in [1.82, 2.24) is 15.5 Å². The molecule has 2 N–H and O–H groups in total. The van der Waals surface area contributed by atoms with E-state index in [0.29, 0.717) is 24.5 Å². The lowest BCUT2D eigenvalue weighted by molar-refractivity contribution is -0.124. The molecule has 0 aromatic rings. The summed E-state index contributed by atoms with van der Waals surface area (Å²) in [5.41, 5.74) is 0. The summed E-state index contributed by atoms with van der Waals surface area (Å²) in [4.78, 5) is 14.7. The van der Waals surface area contributed by atoms with Crippen LogP contribution in [-0.2, 0) is 4.79 Å². The van der Waals surface area contributed by atoms with Crippen LogP contribution in [0, 0.1) is 5.92 Å². The van der Waals surface area contributed by atoms with Crippen LogP contribution in [0.15, 0.2) is 0 Å². The molecule has 0 aromatic carbocycles. The Balaban J connectivity index is 1.79. The number of likely N-dealkylation sites (N-methyl/N-ethyl adjacent to an activating group) is 1. The summed E-state index contributed by atoms with van der Waals surface area (Å²) in [5.74, 6) is 0.866. The highest BCUT2D eigenvalue weighted by Gasteiger charge is 2.25. The molecule has 0 aromatic heterocycles. The fraction of sp³-hybridized carbons (Fsp3) is 0.938. The third kappa shape index (κ3) is 4.45. The normalized spacial score (nSPS) is 28.6. The lowest BCUT2D eigenvalue weighted by Crippen LogP contribution is -2.50. The first kappa shape index (κ1) is 15.8. The van der Waals surface area contributed by atoms with Gasteiger partial charge in [0.15, 0.2) is 0 Å². The van der Waals surface area contributed by atoms with Crippen molar-refractivity contribution in [3.63, 3.8) is 0 Å². The van der Waals surface area contributed by atoms with Crippen LogP contribution in [-0.4, -0.2) is 49.1 Å². The van der Waals surface area contributed by atoms with Crippen molar-refractivity contribution in [2.24, 2.45) is 5.92 Å². The number of hydrogen-bond donors (Lipinski definition) is 2. The minimum atomic E-state index is 0.226. The van der Waals surface area contributed by atoms with Crippen LogP contribution in [0.1, 0.15) is 52.4 Å². The second-order valence-corrected chi connectivity index (χ2v) is 6.48. The first-order chi connectivity index (χ1) is 9.70. The Morgan fingerprint density at radius 3 is 2.55 bits per heavy atom. The Bertz CT molecular complexity index is 302. The summed E-state index contributed by atoms with van der Waals surface area (Å²) < 4.78 is 0. The highest BCUT2D eigenvalue weighted by molar-refractivity contribution is 5.78. The van der Waals surface area contributed by atoms with Gasteiger partial charge in [0.25, 0.3) is 0 Å². The average molecular weight is 281 g/mol. The van der Waals surface area contributed by atoms with Gasteiger partial charge < -0.3 is 10.6 Å². The molecule has 20 heavy (non-hydrogen) atoms. The monoisotopic (exact) mass is 281 g/mol. The SMILES string of the molecule is CCN(CC(=O)NC1CCCCC1C)C1CCNCC1. The number of nitrogens with zero attached hydrogens (tertiary/aromatic N) is 1. The molecule has 1 aliphatic heterocycles. The predicted molar refractivity (Wildman–Crippen MR) is 82.7 cm³/mol. The van der Waals surface area contributed by atoms with Gasteiger partial charge in [0.05, 0.1) is 6.54 Å². The molecule has 4 heteroatoms. The molecule has 2 aliphatic rings. The van der Waals surface area contributed by atoms with Gasteiger partial charge in [0.1, 0.15) is 0 Å². The van der Waals surface area contributed by atoms with Crippen LogP contribution < -0.4 is 10.6 Å². The van der Waals surface area contributed by atoms with Crippen LogP contribution in [0.2, 0.25) is 0 Å². The summed E-state index contributed by atoms with van der Waals surface area (Å²) in [6.45, 7) is 8.15. The highest BCUT2D eigenvalue weighted by Crippen LogP contribution is 2.23. The minimum absolute atomic E-state index is 0.226. The van der Waals surface area contributed by atoms with Crippen LogP contribution in [0.25, 0.3) is 0 Å². The number of piperidine rings is 1. The summed E-state index contributed by atoms with van der Waals surface area (Å²) in [6.07, 6.45) is 7.34. The maximum Gasteiger partial charge on any atom is 0.234 e. The zero-order chi connectivity index (χ0) is 14.4. The molecule has 0 radical (unpaired) electrons. The van der Waals surface area contributed by atoms with Crippen LogP contribution >= 0.6 is 0 Å². The van der Waals surface area contributed by atoms with Crippen molar-refractivity contribution >= 4 is 5.91 Å². The van der Waals surface area contributed by atoms with E-state index < -0.39 is 0 Å². The molecule has 0 bridgehead atoms. The maximum absolute atomic E-state index is 12.3. The lowest BCUT2D eigenvalue weighted by Gasteiger charge is -2.35. The van der Waals surface area contributed by atoms with Crippen LogP contribution in [0.4, 0.5) is 0 Å². The van der Waals surface area contributed by atoms with Crippen molar-refractivity contribution in [3.8, 4) is 0 Å². The van der Waals surface area contributed by atoms with Gasteiger partial charge in [0, 0.05) is 12.1 Å². The van der Waals surface area contributed by atoms with Gasteiger partial charge in [-0.1, -0.05) is 26.7 Å². The van der Waals surface area contributed by atoms with Crippen LogP contribution in [0.3, 0.4) is 0 Å².